The van der Waals surface area contributed by atoms with E-state index >= 15 is 0 Å². The van der Waals surface area contributed by atoms with Crippen LogP contribution in [0.3, 0.4) is 0 Å². The third-order valence-electron chi connectivity index (χ3n) is 1.61. The van der Waals surface area contributed by atoms with Gasteiger partial charge < -0.3 is 10.6 Å². The Morgan fingerprint density at radius 3 is 2.18 bits per heavy atom. The Morgan fingerprint density at radius 2 is 1.91 bits per heavy atom. The molecule has 0 unspecified atom stereocenters. The molecule has 0 radical (unpaired) electrons. The summed E-state index contributed by atoms with van der Waals surface area (Å²) in [6.45, 7) is 7.36. The van der Waals surface area contributed by atoms with Crippen LogP contribution in [-0.4, -0.2) is 29.9 Å². The fourth-order valence-corrected chi connectivity index (χ4v) is 0.981. The molecule has 0 saturated carbocycles. The summed E-state index contributed by atoms with van der Waals surface area (Å²) in [6.07, 6.45) is 0.460. The minimum atomic E-state index is -0.0249. The molecule has 3 heteroatoms. The van der Waals surface area contributed by atoms with E-state index in [4.69, 9.17) is 5.73 Å². The lowest BCUT2D eigenvalue weighted by Crippen LogP contribution is -2.34. The normalized spacial score (nSPS) is 12.7. The first kappa shape index (κ1) is 10.4. The fraction of sp³-hybridized carbons (Fsp3) is 0.875. The van der Waals surface area contributed by atoms with E-state index in [0.717, 1.165) is 13.1 Å². The van der Waals surface area contributed by atoms with Crippen molar-refractivity contribution in [3.63, 3.8) is 0 Å². The lowest BCUT2D eigenvalue weighted by molar-refractivity contribution is -0.131. The van der Waals surface area contributed by atoms with Gasteiger partial charge >= 0.3 is 0 Å². The molecule has 11 heavy (non-hydrogen) atoms. The number of carbonyl (C=O) groups excluding carboxylic acids is 1. The van der Waals surface area contributed by atoms with E-state index in [1.165, 1.54) is 0 Å². The summed E-state index contributed by atoms with van der Waals surface area (Å²) < 4.78 is 0. The molecule has 2 N–H and O–H groups in total. The van der Waals surface area contributed by atoms with Crippen LogP contribution < -0.4 is 5.73 Å². The van der Waals surface area contributed by atoms with Gasteiger partial charge in [-0.15, -0.1) is 0 Å². The van der Waals surface area contributed by atoms with Gasteiger partial charge in [-0.3, -0.25) is 4.79 Å². The number of amides is 1. The summed E-state index contributed by atoms with van der Waals surface area (Å²) in [5, 5.41) is 0. The van der Waals surface area contributed by atoms with Gasteiger partial charge in [0.15, 0.2) is 0 Å². The second kappa shape index (κ2) is 5.13. The van der Waals surface area contributed by atoms with E-state index in [2.05, 4.69) is 0 Å². The lowest BCUT2D eigenvalue weighted by atomic mass is 10.2. The van der Waals surface area contributed by atoms with Gasteiger partial charge in [0.05, 0.1) is 0 Å². The average Bonchev–Trinajstić information content (AvgIpc) is 1.88. The summed E-state index contributed by atoms with van der Waals surface area (Å²) in [6, 6.07) is -0.0249. The maximum Gasteiger partial charge on any atom is 0.224 e. The maximum absolute atomic E-state index is 11.3. The number of carbonyl (C=O) groups is 1. The summed E-state index contributed by atoms with van der Waals surface area (Å²) in [7, 11) is 0. The molecule has 0 fully saturated rings. The van der Waals surface area contributed by atoms with Gasteiger partial charge in [-0.1, -0.05) is 0 Å². The van der Waals surface area contributed by atoms with Crippen molar-refractivity contribution in [2.24, 2.45) is 5.73 Å². The van der Waals surface area contributed by atoms with Crippen molar-refractivity contribution in [3.05, 3.63) is 0 Å². The molecule has 0 rings (SSSR count). The van der Waals surface area contributed by atoms with Crippen LogP contribution in [0.4, 0.5) is 0 Å². The first-order valence-corrected chi connectivity index (χ1v) is 4.15. The second-order valence-corrected chi connectivity index (χ2v) is 2.75. The van der Waals surface area contributed by atoms with Gasteiger partial charge in [0, 0.05) is 25.6 Å². The van der Waals surface area contributed by atoms with E-state index in [0.29, 0.717) is 6.42 Å². The second-order valence-electron chi connectivity index (χ2n) is 2.75. The van der Waals surface area contributed by atoms with Crippen LogP contribution in [-0.2, 0) is 4.79 Å². The van der Waals surface area contributed by atoms with Gasteiger partial charge in [-0.2, -0.15) is 0 Å². The van der Waals surface area contributed by atoms with Crippen molar-refractivity contribution in [1.82, 2.24) is 4.90 Å². The Bertz CT molecular complexity index is 119. The van der Waals surface area contributed by atoms with Crippen LogP contribution in [0.25, 0.3) is 0 Å². The Labute approximate surface area is 68.6 Å². The Balaban J connectivity index is 3.79. The monoisotopic (exact) mass is 158 g/mol. The first-order chi connectivity index (χ1) is 5.11. The molecule has 1 atom stereocenters. The summed E-state index contributed by atoms with van der Waals surface area (Å²) in [4.78, 5) is 13.1. The van der Waals surface area contributed by atoms with Crippen LogP contribution in [0.1, 0.15) is 27.2 Å². The molecule has 3 nitrogen and oxygen atoms in total. The zero-order chi connectivity index (χ0) is 8.85. The number of nitrogens with two attached hydrogens (primary N) is 1. The average molecular weight is 158 g/mol. The number of hydrogen-bond acceptors (Lipinski definition) is 2. The molecule has 1 amide bonds. The van der Waals surface area contributed by atoms with E-state index in [1.807, 2.05) is 20.8 Å². The highest BCUT2D eigenvalue weighted by Gasteiger charge is 2.10. The zero-order valence-corrected chi connectivity index (χ0v) is 7.63. The van der Waals surface area contributed by atoms with Crippen molar-refractivity contribution >= 4 is 5.91 Å². The molecule has 0 spiro atoms. The molecule has 0 saturated heterocycles. The van der Waals surface area contributed by atoms with Gasteiger partial charge in [-0.25, -0.2) is 0 Å². The minimum Gasteiger partial charge on any atom is -0.343 e. The van der Waals surface area contributed by atoms with Crippen molar-refractivity contribution in [3.8, 4) is 0 Å². The SMILES string of the molecule is CCN(CC)C(=O)C[C@H](C)N. The smallest absolute Gasteiger partial charge is 0.224 e. The third-order valence-corrected chi connectivity index (χ3v) is 1.61. The maximum atomic E-state index is 11.3. The molecule has 0 aliphatic carbocycles. The molecule has 0 aromatic carbocycles. The molecular weight excluding hydrogens is 140 g/mol. The Morgan fingerprint density at radius 1 is 1.45 bits per heavy atom. The number of nitrogens with zero attached hydrogens (tertiary/aromatic N) is 1. The van der Waals surface area contributed by atoms with E-state index < -0.39 is 0 Å². The van der Waals surface area contributed by atoms with E-state index in [-0.39, 0.29) is 11.9 Å². The predicted molar refractivity (Wildman–Crippen MR) is 46.2 cm³/mol. The predicted octanol–water partition coefficient (Wildman–Crippen LogP) is 0.592. The van der Waals surface area contributed by atoms with Gasteiger partial charge in [0.1, 0.15) is 0 Å². The molecule has 0 aromatic rings. The minimum absolute atomic E-state index is 0.0249. The third kappa shape index (κ3) is 3.98. The number of rotatable bonds is 4. The molecule has 0 aromatic heterocycles. The van der Waals surface area contributed by atoms with Crippen LogP contribution in [0.15, 0.2) is 0 Å². The fourth-order valence-electron chi connectivity index (χ4n) is 0.981. The zero-order valence-electron chi connectivity index (χ0n) is 7.63. The van der Waals surface area contributed by atoms with Gasteiger partial charge in [-0.05, 0) is 20.8 Å². The van der Waals surface area contributed by atoms with Crippen LogP contribution >= 0.6 is 0 Å². The highest BCUT2D eigenvalue weighted by atomic mass is 16.2. The molecule has 66 valence electrons. The summed E-state index contributed by atoms with van der Waals surface area (Å²) in [5.41, 5.74) is 5.49. The molecule has 0 heterocycles. The Hall–Kier alpha value is -0.570. The Kier molecular flexibility index (Phi) is 4.86. The topological polar surface area (TPSA) is 46.3 Å². The van der Waals surface area contributed by atoms with E-state index in [9.17, 15) is 4.79 Å². The summed E-state index contributed by atoms with van der Waals surface area (Å²) in [5.74, 6) is 0.157. The van der Waals surface area contributed by atoms with Crippen molar-refractivity contribution in [2.75, 3.05) is 13.1 Å². The van der Waals surface area contributed by atoms with Crippen molar-refractivity contribution < 1.29 is 4.79 Å². The molecule has 0 aliphatic heterocycles. The standard InChI is InChI=1S/C8H18N2O/c1-4-10(5-2)8(11)6-7(3)9/h7H,4-6,9H2,1-3H3/t7-/m0/s1. The number of hydrogen-bond donors (Lipinski definition) is 1. The van der Waals surface area contributed by atoms with Crippen LogP contribution in [0.2, 0.25) is 0 Å². The van der Waals surface area contributed by atoms with Gasteiger partial charge in [0.25, 0.3) is 0 Å². The lowest BCUT2D eigenvalue weighted by Gasteiger charge is -2.19. The molecular formula is C8H18N2O. The first-order valence-electron chi connectivity index (χ1n) is 4.15. The molecule has 0 aliphatic rings. The van der Waals surface area contributed by atoms with Crippen LogP contribution in [0, 0.1) is 0 Å². The van der Waals surface area contributed by atoms with Crippen LogP contribution in [0.5, 0.6) is 0 Å². The van der Waals surface area contributed by atoms with Gasteiger partial charge in [0.2, 0.25) is 5.91 Å². The van der Waals surface area contributed by atoms with E-state index in [1.54, 1.807) is 4.90 Å². The summed E-state index contributed by atoms with van der Waals surface area (Å²) >= 11 is 0. The highest BCUT2D eigenvalue weighted by Crippen LogP contribution is 1.95. The van der Waals surface area contributed by atoms with Crippen molar-refractivity contribution in [1.29, 1.82) is 0 Å². The molecule has 0 bridgehead atoms. The largest absolute Gasteiger partial charge is 0.343 e. The quantitative estimate of drug-likeness (QED) is 0.651. The van der Waals surface area contributed by atoms with Crippen molar-refractivity contribution in [2.45, 2.75) is 33.2 Å². The highest BCUT2D eigenvalue weighted by molar-refractivity contribution is 5.76.